The number of aliphatic hydroxyl groups is 2. The molecule has 4 aliphatic rings. The van der Waals surface area contributed by atoms with Crippen molar-refractivity contribution in [3.05, 3.63) is 105 Å². The second kappa shape index (κ2) is 17.5. The van der Waals surface area contributed by atoms with Gasteiger partial charge in [0.1, 0.15) is 19.5 Å². The summed E-state index contributed by atoms with van der Waals surface area (Å²) < 4.78 is 69.9. The number of hydrogen-bond acceptors (Lipinski definition) is 10. The van der Waals surface area contributed by atoms with Gasteiger partial charge in [-0.3, -0.25) is 9.59 Å². The number of hydrogen-bond donors (Lipinski definition) is 4. The molecule has 2 atom stereocenters. The van der Waals surface area contributed by atoms with Crippen LogP contribution in [0.15, 0.2) is 67.9 Å². The van der Waals surface area contributed by atoms with Gasteiger partial charge in [0, 0.05) is 36.1 Å². The Morgan fingerprint density at radius 1 is 0.683 bits per heavy atom. The number of benzene rings is 2. The monoisotopic (exact) mass is 860 g/mol. The quantitative estimate of drug-likeness (QED) is 0.0860. The predicted octanol–water partition coefficient (Wildman–Crippen LogP) is 9.11. The first kappa shape index (κ1) is 41.5. The maximum atomic E-state index is 13.0. The lowest BCUT2D eigenvalue weighted by atomic mass is 9.79. The number of Topliss-reactive ketones (excluding diaryl/α,β-unsaturated/α-hetero) is 2. The third kappa shape index (κ3) is 10.3. The molecule has 8 rings (SSSR count). The van der Waals surface area contributed by atoms with Crippen LogP contribution in [-0.2, 0) is 91.6 Å². The standard InChI is InChI=1S/2C24H31NO4S/c2*1-24(2,27)19-12-23(29-14-19)30(25,28)15-20(26)13-22-18(11-16-5-3-6-16)10-9-17-7-4-8-21(17)22/h2*9-10,12,14,16,25,27H,3-8,11,13,15H2,1-2H3/t2*30-/m10/s1/i2*9D. The Morgan fingerprint density at radius 3 is 1.38 bits per heavy atom. The van der Waals surface area contributed by atoms with Crippen LogP contribution in [0.4, 0.5) is 0 Å². The molecule has 0 bridgehead atoms. The van der Waals surface area contributed by atoms with Crippen molar-refractivity contribution in [3.63, 3.8) is 0 Å². The van der Waals surface area contributed by atoms with Gasteiger partial charge in [0.05, 0.1) is 38.0 Å². The molecule has 2 fully saturated rings. The minimum absolute atomic E-state index is 0.0700. The van der Waals surface area contributed by atoms with Gasteiger partial charge in [-0.2, -0.15) is 0 Å². The summed E-state index contributed by atoms with van der Waals surface area (Å²) in [6.45, 7) is 6.33. The van der Waals surface area contributed by atoms with E-state index in [0.29, 0.717) is 35.0 Å². The van der Waals surface area contributed by atoms with Crippen molar-refractivity contribution < 1.29 is 39.8 Å². The fourth-order valence-electron chi connectivity index (χ4n) is 8.92. The van der Waals surface area contributed by atoms with Gasteiger partial charge in [0.2, 0.25) is 0 Å². The summed E-state index contributed by atoms with van der Waals surface area (Å²) in [6.07, 6.45) is 17.5. The van der Waals surface area contributed by atoms with Crippen LogP contribution in [0.3, 0.4) is 0 Å². The second-order valence-corrected chi connectivity index (χ2v) is 22.8. The number of rotatable bonds is 16. The molecular formula is C48H62N2O8S2. The molecule has 4 aliphatic carbocycles. The lowest BCUT2D eigenvalue weighted by Gasteiger charge is -2.27. The van der Waals surface area contributed by atoms with Crippen molar-refractivity contribution in [1.29, 1.82) is 9.56 Å². The number of fused-ring (bicyclic) bond motifs is 2. The molecule has 0 saturated heterocycles. The largest absolute Gasteiger partial charge is 0.454 e. The Kier molecular flexibility index (Phi) is 12.1. The van der Waals surface area contributed by atoms with E-state index in [4.69, 9.17) is 21.1 Å². The molecule has 60 heavy (non-hydrogen) atoms. The van der Waals surface area contributed by atoms with Crippen molar-refractivity contribution in [2.24, 2.45) is 11.8 Å². The zero-order valence-electron chi connectivity index (χ0n) is 37.5. The molecule has 324 valence electrons. The van der Waals surface area contributed by atoms with E-state index in [-0.39, 0.29) is 34.6 Å². The summed E-state index contributed by atoms with van der Waals surface area (Å²) in [5.41, 5.74) is 7.07. The van der Waals surface area contributed by atoms with Gasteiger partial charge < -0.3 is 19.0 Å². The first-order valence-corrected chi connectivity index (χ1v) is 25.0. The molecule has 2 saturated carbocycles. The fraction of sp³-hybridized carbons (Fsp3) is 0.542. The topological polar surface area (TPSA) is 183 Å². The molecule has 0 unspecified atom stereocenters. The van der Waals surface area contributed by atoms with Gasteiger partial charge in [-0.15, -0.1) is 0 Å². The van der Waals surface area contributed by atoms with Crippen LogP contribution in [0.25, 0.3) is 0 Å². The average molecular weight is 861 g/mol. The van der Waals surface area contributed by atoms with E-state index in [1.54, 1.807) is 27.7 Å². The molecule has 12 heteroatoms. The van der Waals surface area contributed by atoms with Crippen molar-refractivity contribution in [2.75, 3.05) is 11.5 Å². The maximum absolute atomic E-state index is 13.0. The summed E-state index contributed by atoms with van der Waals surface area (Å²) in [7, 11) is -6.87. The van der Waals surface area contributed by atoms with Gasteiger partial charge in [-0.1, -0.05) is 62.7 Å². The Balaban J connectivity index is 0.000000186. The van der Waals surface area contributed by atoms with Gasteiger partial charge in [0.25, 0.3) is 0 Å². The number of carbonyl (C=O) groups is 2. The molecular weight excluding hydrogens is 797 g/mol. The number of nitrogens with one attached hydrogen (secondary N) is 2. The van der Waals surface area contributed by atoms with E-state index >= 15 is 0 Å². The minimum Gasteiger partial charge on any atom is -0.454 e. The molecule has 0 aliphatic heterocycles. The molecule has 0 amide bonds. The van der Waals surface area contributed by atoms with Crippen LogP contribution in [0.1, 0.15) is 137 Å². The van der Waals surface area contributed by atoms with Crippen LogP contribution in [0.2, 0.25) is 0 Å². The van der Waals surface area contributed by atoms with Crippen molar-refractivity contribution in [1.82, 2.24) is 0 Å². The van der Waals surface area contributed by atoms with E-state index < -0.39 is 42.2 Å². The first-order chi connectivity index (χ1) is 29.1. The highest BCUT2D eigenvalue weighted by molar-refractivity contribution is 7.93. The number of carbonyl (C=O) groups excluding carboxylic acids is 2. The molecule has 2 heterocycles. The van der Waals surface area contributed by atoms with Crippen molar-refractivity contribution >= 4 is 31.0 Å². The number of furan rings is 2. The highest BCUT2D eigenvalue weighted by Gasteiger charge is 2.30. The van der Waals surface area contributed by atoms with Crippen LogP contribution < -0.4 is 0 Å². The maximum Gasteiger partial charge on any atom is 0.199 e. The molecule has 0 spiro atoms. The lowest BCUT2D eigenvalue weighted by Crippen LogP contribution is -2.20. The van der Waals surface area contributed by atoms with Gasteiger partial charge in [0.15, 0.2) is 21.8 Å². The fourth-order valence-corrected chi connectivity index (χ4v) is 11.4. The Hall–Kier alpha value is -3.84. The Labute approximate surface area is 358 Å². The first-order valence-electron chi connectivity index (χ1n) is 22.5. The predicted molar refractivity (Wildman–Crippen MR) is 232 cm³/mol. The van der Waals surface area contributed by atoms with Crippen LogP contribution in [0.5, 0.6) is 0 Å². The van der Waals surface area contributed by atoms with Crippen LogP contribution in [0, 0.1) is 21.4 Å². The molecule has 10 nitrogen and oxygen atoms in total. The minimum atomic E-state index is -3.44. The highest BCUT2D eigenvalue weighted by atomic mass is 32.2. The smallest absolute Gasteiger partial charge is 0.199 e. The van der Waals surface area contributed by atoms with Crippen LogP contribution >= 0.6 is 0 Å². The van der Waals surface area contributed by atoms with Crippen LogP contribution in [-0.4, -0.2) is 41.7 Å². The highest BCUT2D eigenvalue weighted by Crippen LogP contribution is 2.37. The Bertz CT molecular complexity index is 2390. The summed E-state index contributed by atoms with van der Waals surface area (Å²) in [6, 6.07) is 7.86. The molecule has 4 N–H and O–H groups in total. The lowest BCUT2D eigenvalue weighted by molar-refractivity contribution is -0.116. The van der Waals surface area contributed by atoms with Gasteiger partial charge in [-0.25, -0.2) is 18.0 Å². The van der Waals surface area contributed by atoms with E-state index in [2.05, 4.69) is 0 Å². The van der Waals surface area contributed by atoms with E-state index in [0.717, 1.165) is 95.9 Å². The van der Waals surface area contributed by atoms with E-state index in [1.807, 2.05) is 12.1 Å². The second-order valence-electron chi connectivity index (χ2n) is 18.7. The van der Waals surface area contributed by atoms with E-state index in [9.17, 15) is 28.2 Å². The average Bonchev–Trinajstić information content (AvgIpc) is 3.96. The SMILES string of the molecule is [2H]c1cc(CC2CCC2)c(CC(=O)C[S@@](=N)(=O)c2cc(C(C)(C)O)co2)c2c1CCC2.[2H]c1cc(CC2CCC2)c(CC(=O)C[S@](=N)(=O)c2cc(C(C)(C)O)co2)c2c1CCC2. The molecule has 2 aromatic carbocycles. The molecule has 2 aromatic heterocycles. The third-order valence-corrected chi connectivity index (χ3v) is 16.1. The third-order valence-electron chi connectivity index (χ3n) is 12.9. The van der Waals surface area contributed by atoms with Gasteiger partial charge >= 0.3 is 0 Å². The number of ketones is 2. The molecule has 0 radical (unpaired) electrons. The zero-order chi connectivity index (χ0) is 44.8. The summed E-state index contributed by atoms with van der Waals surface area (Å²) in [5.74, 6) is -0.0724. The van der Waals surface area contributed by atoms with Crippen molar-refractivity contribution in [3.8, 4) is 0 Å². The summed E-state index contributed by atoms with van der Waals surface area (Å²) in [4.78, 5) is 25.9. The van der Waals surface area contributed by atoms with Crippen molar-refractivity contribution in [2.45, 2.75) is 152 Å². The summed E-state index contributed by atoms with van der Waals surface area (Å²) >= 11 is 0. The van der Waals surface area contributed by atoms with E-state index in [1.165, 1.54) is 63.2 Å². The normalized spacial score (nSPS) is 19.1. The van der Waals surface area contributed by atoms with Gasteiger partial charge in [-0.05, 0) is 135 Å². The summed E-state index contributed by atoms with van der Waals surface area (Å²) in [5, 5.41) is 20.0. The molecule has 4 aromatic rings. The Morgan fingerprint density at radius 2 is 1.07 bits per heavy atom. The zero-order valence-corrected chi connectivity index (χ0v) is 37.1.